The fourth-order valence-electron chi connectivity index (χ4n) is 2.18. The second kappa shape index (κ2) is 7.20. The Bertz CT molecular complexity index is 153. The van der Waals surface area contributed by atoms with Gasteiger partial charge < -0.3 is 15.1 Å². The van der Waals surface area contributed by atoms with Crippen molar-refractivity contribution in [3.05, 3.63) is 0 Å². The van der Waals surface area contributed by atoms with Gasteiger partial charge in [0, 0.05) is 25.7 Å². The van der Waals surface area contributed by atoms with Gasteiger partial charge >= 0.3 is 0 Å². The lowest BCUT2D eigenvalue weighted by molar-refractivity contribution is 0.223. The van der Waals surface area contributed by atoms with E-state index in [1.54, 1.807) is 0 Å². The van der Waals surface area contributed by atoms with Crippen molar-refractivity contribution < 1.29 is 0 Å². The fraction of sp³-hybridized carbons (Fsp3) is 1.00. The minimum Gasteiger partial charge on any atom is -0.313 e. The van der Waals surface area contributed by atoms with Gasteiger partial charge in [0.15, 0.2) is 0 Å². The molecule has 1 fully saturated rings. The molecule has 1 atom stereocenters. The topological polar surface area (TPSA) is 18.5 Å². The standard InChI is InChI=1S/C12H27N3/c1-4-8-15(10-9-14(2)3)11-12-6-5-7-13-12/h12-13H,4-11H2,1-3H3/t12-/m0/s1. The molecule has 1 saturated heterocycles. The summed E-state index contributed by atoms with van der Waals surface area (Å²) in [4.78, 5) is 4.87. The maximum atomic E-state index is 3.58. The van der Waals surface area contributed by atoms with Gasteiger partial charge in [0.2, 0.25) is 0 Å². The summed E-state index contributed by atoms with van der Waals surface area (Å²) >= 11 is 0. The third kappa shape index (κ3) is 5.50. The average Bonchev–Trinajstić information content (AvgIpc) is 2.67. The average molecular weight is 213 g/mol. The lowest BCUT2D eigenvalue weighted by Gasteiger charge is -2.26. The van der Waals surface area contributed by atoms with E-state index in [1.807, 2.05) is 0 Å². The third-order valence-corrected chi connectivity index (χ3v) is 3.04. The number of hydrogen-bond donors (Lipinski definition) is 1. The molecule has 0 aromatic rings. The Morgan fingerprint density at radius 2 is 2.00 bits per heavy atom. The van der Waals surface area contributed by atoms with E-state index in [0.29, 0.717) is 0 Å². The van der Waals surface area contributed by atoms with E-state index >= 15 is 0 Å². The highest BCUT2D eigenvalue weighted by Crippen LogP contribution is 2.07. The summed E-state index contributed by atoms with van der Waals surface area (Å²) in [6, 6.07) is 0.749. The first kappa shape index (κ1) is 12.9. The molecule has 1 heterocycles. The molecule has 0 saturated carbocycles. The maximum Gasteiger partial charge on any atom is 0.0195 e. The van der Waals surface area contributed by atoms with Crippen LogP contribution in [0.4, 0.5) is 0 Å². The first-order valence-electron chi connectivity index (χ1n) is 6.33. The van der Waals surface area contributed by atoms with Gasteiger partial charge in [0.25, 0.3) is 0 Å². The van der Waals surface area contributed by atoms with Crippen molar-refractivity contribution >= 4 is 0 Å². The van der Waals surface area contributed by atoms with Crippen molar-refractivity contribution in [2.75, 3.05) is 46.8 Å². The van der Waals surface area contributed by atoms with Crippen molar-refractivity contribution in [3.8, 4) is 0 Å². The van der Waals surface area contributed by atoms with Crippen LogP contribution in [0.1, 0.15) is 26.2 Å². The number of nitrogens with zero attached hydrogens (tertiary/aromatic N) is 2. The molecule has 3 nitrogen and oxygen atoms in total. The Hall–Kier alpha value is -0.120. The Morgan fingerprint density at radius 3 is 2.53 bits per heavy atom. The highest BCUT2D eigenvalue weighted by atomic mass is 15.2. The van der Waals surface area contributed by atoms with Gasteiger partial charge in [-0.1, -0.05) is 6.92 Å². The van der Waals surface area contributed by atoms with Gasteiger partial charge in [-0.2, -0.15) is 0 Å². The SMILES string of the molecule is CCCN(CCN(C)C)C[C@@H]1CCCN1. The molecule has 15 heavy (non-hydrogen) atoms. The summed E-state index contributed by atoms with van der Waals surface area (Å²) < 4.78 is 0. The van der Waals surface area contributed by atoms with Crippen LogP contribution < -0.4 is 5.32 Å². The van der Waals surface area contributed by atoms with Crippen LogP contribution in [0.15, 0.2) is 0 Å². The normalized spacial score (nSPS) is 21.8. The quantitative estimate of drug-likeness (QED) is 0.681. The van der Waals surface area contributed by atoms with Crippen LogP contribution in [0.2, 0.25) is 0 Å². The molecule has 0 aliphatic carbocycles. The summed E-state index contributed by atoms with van der Waals surface area (Å²) in [5.41, 5.74) is 0. The zero-order valence-corrected chi connectivity index (χ0v) is 10.6. The molecule has 1 N–H and O–H groups in total. The van der Waals surface area contributed by atoms with E-state index in [2.05, 4.69) is 36.1 Å². The summed E-state index contributed by atoms with van der Waals surface area (Å²) in [6.07, 6.45) is 3.99. The molecule has 0 radical (unpaired) electrons. The molecule has 1 aliphatic heterocycles. The molecule has 0 amide bonds. The van der Waals surface area contributed by atoms with Gasteiger partial charge in [-0.3, -0.25) is 0 Å². The third-order valence-electron chi connectivity index (χ3n) is 3.04. The predicted octanol–water partition coefficient (Wildman–Crippen LogP) is 1.01. The minimum absolute atomic E-state index is 0.749. The largest absolute Gasteiger partial charge is 0.313 e. The van der Waals surface area contributed by atoms with Crippen LogP contribution in [0, 0.1) is 0 Å². The van der Waals surface area contributed by atoms with Crippen molar-refractivity contribution in [1.82, 2.24) is 15.1 Å². The molecular weight excluding hydrogens is 186 g/mol. The van der Waals surface area contributed by atoms with Crippen molar-refractivity contribution in [2.24, 2.45) is 0 Å². The smallest absolute Gasteiger partial charge is 0.0195 e. The predicted molar refractivity (Wildman–Crippen MR) is 66.3 cm³/mol. The van der Waals surface area contributed by atoms with Crippen LogP contribution in [-0.4, -0.2) is 62.7 Å². The first-order chi connectivity index (χ1) is 7.22. The van der Waals surface area contributed by atoms with Crippen molar-refractivity contribution in [2.45, 2.75) is 32.2 Å². The van der Waals surface area contributed by atoms with E-state index in [1.165, 1.54) is 52.0 Å². The Kier molecular flexibility index (Phi) is 6.22. The highest BCUT2D eigenvalue weighted by Gasteiger charge is 2.17. The number of nitrogens with one attached hydrogen (secondary N) is 1. The fourth-order valence-corrected chi connectivity index (χ4v) is 2.18. The molecule has 90 valence electrons. The molecule has 1 aliphatic rings. The summed E-state index contributed by atoms with van der Waals surface area (Å²) in [5.74, 6) is 0. The van der Waals surface area contributed by atoms with Crippen LogP contribution in [0.25, 0.3) is 0 Å². The molecule has 1 rings (SSSR count). The van der Waals surface area contributed by atoms with Crippen LogP contribution in [-0.2, 0) is 0 Å². The van der Waals surface area contributed by atoms with Crippen LogP contribution >= 0.6 is 0 Å². The van der Waals surface area contributed by atoms with Crippen LogP contribution in [0.3, 0.4) is 0 Å². The lowest BCUT2D eigenvalue weighted by atomic mass is 10.2. The van der Waals surface area contributed by atoms with E-state index in [9.17, 15) is 0 Å². The second-order valence-electron chi connectivity index (χ2n) is 4.90. The zero-order valence-electron chi connectivity index (χ0n) is 10.6. The van der Waals surface area contributed by atoms with Gasteiger partial charge in [0.05, 0.1) is 0 Å². The number of likely N-dealkylation sites (N-methyl/N-ethyl adjacent to an activating group) is 1. The first-order valence-corrected chi connectivity index (χ1v) is 6.33. The molecule has 0 bridgehead atoms. The molecule has 0 aromatic carbocycles. The van der Waals surface area contributed by atoms with E-state index in [-0.39, 0.29) is 0 Å². The van der Waals surface area contributed by atoms with Gasteiger partial charge in [-0.15, -0.1) is 0 Å². The minimum atomic E-state index is 0.749. The lowest BCUT2D eigenvalue weighted by Crippen LogP contribution is -2.40. The molecule has 0 spiro atoms. The van der Waals surface area contributed by atoms with Crippen molar-refractivity contribution in [1.29, 1.82) is 0 Å². The molecular formula is C12H27N3. The highest BCUT2D eigenvalue weighted by molar-refractivity contribution is 4.78. The van der Waals surface area contributed by atoms with Crippen LogP contribution in [0.5, 0.6) is 0 Å². The summed E-state index contributed by atoms with van der Waals surface area (Å²) in [5, 5.41) is 3.58. The van der Waals surface area contributed by atoms with E-state index in [4.69, 9.17) is 0 Å². The molecule has 0 unspecified atom stereocenters. The zero-order chi connectivity index (χ0) is 11.1. The number of rotatable bonds is 7. The maximum absolute atomic E-state index is 3.58. The Balaban J connectivity index is 2.22. The molecule has 0 aromatic heterocycles. The number of hydrogen-bond acceptors (Lipinski definition) is 3. The Morgan fingerprint density at radius 1 is 1.20 bits per heavy atom. The summed E-state index contributed by atoms with van der Waals surface area (Å²) in [7, 11) is 4.30. The monoisotopic (exact) mass is 213 g/mol. The van der Waals surface area contributed by atoms with Gasteiger partial charge in [-0.25, -0.2) is 0 Å². The van der Waals surface area contributed by atoms with E-state index in [0.717, 1.165) is 6.04 Å². The summed E-state index contributed by atoms with van der Waals surface area (Å²) in [6.45, 7) is 8.35. The van der Waals surface area contributed by atoms with Crippen molar-refractivity contribution in [3.63, 3.8) is 0 Å². The second-order valence-corrected chi connectivity index (χ2v) is 4.90. The molecule has 3 heteroatoms. The van der Waals surface area contributed by atoms with Gasteiger partial charge in [-0.05, 0) is 46.4 Å². The Labute approximate surface area is 94.8 Å². The van der Waals surface area contributed by atoms with E-state index < -0.39 is 0 Å². The van der Waals surface area contributed by atoms with Gasteiger partial charge in [0.1, 0.15) is 0 Å².